The molecular weight excluding hydrogens is 576 g/mol. The van der Waals surface area contributed by atoms with Crippen molar-refractivity contribution in [3.8, 4) is 11.6 Å². The molecule has 4 rings (SSSR count). The van der Waals surface area contributed by atoms with Gasteiger partial charge in [0.2, 0.25) is 11.8 Å². The highest BCUT2D eigenvalue weighted by molar-refractivity contribution is 5.94. The maximum atomic E-state index is 12.6. The number of aliphatic carboxylic acids is 1. The lowest BCUT2D eigenvalue weighted by atomic mass is 9.79. The van der Waals surface area contributed by atoms with E-state index in [0.717, 1.165) is 42.7 Å². The minimum atomic E-state index is -1.05. The van der Waals surface area contributed by atoms with Gasteiger partial charge in [-0.3, -0.25) is 9.59 Å². The fourth-order valence-electron chi connectivity index (χ4n) is 5.19. The molecule has 0 saturated carbocycles. The number of hydrogen-bond acceptors (Lipinski definition) is 5. The van der Waals surface area contributed by atoms with E-state index in [2.05, 4.69) is 34.6 Å². The lowest BCUT2D eigenvalue weighted by molar-refractivity contribution is -0.151. The van der Waals surface area contributed by atoms with E-state index in [-0.39, 0.29) is 12.3 Å². The molecule has 240 valence electrons. The monoisotopic (exact) mass is 620 g/mol. The van der Waals surface area contributed by atoms with Gasteiger partial charge in [-0.05, 0) is 85.2 Å². The van der Waals surface area contributed by atoms with Gasteiger partial charge in [-0.15, -0.1) is 0 Å². The van der Waals surface area contributed by atoms with Gasteiger partial charge in [-0.25, -0.2) is 4.98 Å². The lowest BCUT2D eigenvalue weighted by Gasteiger charge is -2.25. The van der Waals surface area contributed by atoms with E-state index in [4.69, 9.17) is 9.47 Å². The van der Waals surface area contributed by atoms with Crippen LogP contribution in [0.3, 0.4) is 0 Å². The summed E-state index contributed by atoms with van der Waals surface area (Å²) in [6.07, 6.45) is 8.33. The number of carboxylic acids is 1. The number of nitrogens with one attached hydrogen (secondary N) is 1. The van der Waals surface area contributed by atoms with E-state index in [9.17, 15) is 14.7 Å². The smallest absolute Gasteiger partial charge is 0.310 e. The highest BCUT2D eigenvalue weighted by Gasteiger charge is 2.37. The molecule has 0 saturated heterocycles. The number of pyridine rings is 1. The van der Waals surface area contributed by atoms with E-state index in [1.807, 2.05) is 78.9 Å². The van der Waals surface area contributed by atoms with Crippen LogP contribution in [0.2, 0.25) is 0 Å². The zero-order valence-electron chi connectivity index (χ0n) is 26.8. The number of aryl methyl sites for hydroxylation is 1. The number of hydrogen-bond donors (Lipinski definition) is 2. The number of amides is 1. The van der Waals surface area contributed by atoms with Crippen molar-refractivity contribution in [2.24, 2.45) is 5.41 Å². The molecule has 1 aromatic heterocycles. The largest absolute Gasteiger partial charge is 0.493 e. The number of anilines is 1. The molecule has 7 heteroatoms. The van der Waals surface area contributed by atoms with Gasteiger partial charge in [0.15, 0.2) is 0 Å². The fraction of sp³-hybridized carbons (Fsp3) is 0.308. The predicted octanol–water partition coefficient (Wildman–Crippen LogP) is 8.49. The summed E-state index contributed by atoms with van der Waals surface area (Å²) in [5.74, 6) is 0.223. The molecule has 0 aliphatic heterocycles. The minimum Gasteiger partial charge on any atom is -0.493 e. The quantitative estimate of drug-likeness (QED) is 0.108. The number of aromatic nitrogens is 1. The molecule has 4 aromatic rings. The van der Waals surface area contributed by atoms with Crippen LogP contribution in [-0.2, 0) is 22.4 Å². The highest BCUT2D eigenvalue weighted by atomic mass is 16.5. The summed E-state index contributed by atoms with van der Waals surface area (Å²) in [5, 5.41) is 12.5. The second-order valence-electron chi connectivity index (χ2n) is 11.4. The maximum absolute atomic E-state index is 12.6. The third-order valence-electron chi connectivity index (χ3n) is 8.20. The molecule has 7 nitrogen and oxygen atoms in total. The number of rotatable bonds is 18. The Morgan fingerprint density at radius 2 is 1.52 bits per heavy atom. The molecule has 0 radical (unpaired) electrons. The third-order valence-corrected chi connectivity index (χ3v) is 8.20. The number of carboxylic acid groups (broad SMARTS) is 1. The van der Waals surface area contributed by atoms with Crippen molar-refractivity contribution in [1.82, 2.24) is 4.98 Å². The zero-order valence-corrected chi connectivity index (χ0v) is 26.8. The van der Waals surface area contributed by atoms with Gasteiger partial charge in [0, 0.05) is 24.6 Å². The molecule has 1 amide bonds. The number of benzene rings is 3. The highest BCUT2D eigenvalue weighted by Crippen LogP contribution is 2.31. The average molecular weight is 621 g/mol. The Hall–Kier alpha value is -4.91. The second-order valence-corrected chi connectivity index (χ2v) is 11.4. The van der Waals surface area contributed by atoms with Gasteiger partial charge >= 0.3 is 5.97 Å². The topological polar surface area (TPSA) is 97.8 Å². The molecule has 0 aliphatic rings. The van der Waals surface area contributed by atoms with Crippen LogP contribution in [0.1, 0.15) is 68.3 Å². The van der Waals surface area contributed by atoms with E-state index in [1.165, 1.54) is 11.1 Å². The molecular formula is C39H44N2O5. The van der Waals surface area contributed by atoms with Crippen LogP contribution in [-0.4, -0.2) is 35.2 Å². The van der Waals surface area contributed by atoms with Crippen LogP contribution < -0.4 is 14.8 Å². The van der Waals surface area contributed by atoms with Crippen molar-refractivity contribution >= 4 is 29.7 Å². The van der Waals surface area contributed by atoms with E-state index >= 15 is 0 Å². The van der Waals surface area contributed by atoms with Gasteiger partial charge in [0.05, 0.1) is 24.3 Å². The van der Waals surface area contributed by atoms with Crippen LogP contribution >= 0.6 is 0 Å². The second kappa shape index (κ2) is 17.5. The number of nitrogens with zero attached hydrogens (tertiary/aromatic N) is 1. The normalized spacial score (nSPS) is 11.3. The van der Waals surface area contributed by atoms with Gasteiger partial charge in [-0.1, -0.05) is 80.6 Å². The number of ether oxygens (including phenoxy) is 2. The number of carbonyl (C=O) groups is 2. The summed E-state index contributed by atoms with van der Waals surface area (Å²) >= 11 is 0. The lowest BCUT2D eigenvalue weighted by Crippen LogP contribution is -2.34. The van der Waals surface area contributed by atoms with Crippen LogP contribution in [0.15, 0.2) is 97.1 Å². The van der Waals surface area contributed by atoms with Crippen molar-refractivity contribution in [1.29, 1.82) is 0 Å². The van der Waals surface area contributed by atoms with E-state index in [1.54, 1.807) is 19.9 Å². The summed E-state index contributed by atoms with van der Waals surface area (Å²) in [4.78, 5) is 29.0. The molecule has 0 atom stereocenters. The summed E-state index contributed by atoms with van der Waals surface area (Å²) < 4.78 is 11.8. The zero-order chi connectivity index (χ0) is 32.6. The van der Waals surface area contributed by atoms with Crippen molar-refractivity contribution < 1.29 is 24.2 Å². The molecule has 0 unspecified atom stereocenters. The van der Waals surface area contributed by atoms with E-state index in [0.29, 0.717) is 37.6 Å². The number of carbonyl (C=O) groups excluding carboxylic acids is 1. The van der Waals surface area contributed by atoms with Crippen LogP contribution in [0, 0.1) is 5.41 Å². The summed E-state index contributed by atoms with van der Waals surface area (Å²) in [7, 11) is 0. The van der Waals surface area contributed by atoms with Gasteiger partial charge in [0.1, 0.15) is 5.75 Å². The molecule has 46 heavy (non-hydrogen) atoms. The Morgan fingerprint density at radius 1 is 0.783 bits per heavy atom. The summed E-state index contributed by atoms with van der Waals surface area (Å²) in [6, 6.07) is 31.8. The first-order valence-electron chi connectivity index (χ1n) is 16.1. The average Bonchev–Trinajstić information content (AvgIpc) is 3.07. The minimum absolute atomic E-state index is 0.0649. The third kappa shape index (κ3) is 10.6. The Kier molecular flexibility index (Phi) is 13.0. The van der Waals surface area contributed by atoms with Gasteiger partial charge in [-0.2, -0.15) is 0 Å². The summed E-state index contributed by atoms with van der Waals surface area (Å²) in [6.45, 7) is 4.85. The van der Waals surface area contributed by atoms with Crippen molar-refractivity contribution in [3.63, 3.8) is 0 Å². The van der Waals surface area contributed by atoms with Crippen molar-refractivity contribution in [2.75, 3.05) is 18.5 Å². The first kappa shape index (κ1) is 34.0. The van der Waals surface area contributed by atoms with Crippen LogP contribution in [0.4, 0.5) is 5.69 Å². The SMILES string of the molecule is CCC(CC)(CC(=O)Nc1cccc(C=Cc2cccc(OCCCCc3ccc(OCCc4ccccc4)cc3)n2)c1)C(=O)O. The Bertz CT molecular complexity index is 1560. The van der Waals surface area contributed by atoms with Crippen molar-refractivity contribution in [3.05, 3.63) is 119 Å². The molecule has 2 N–H and O–H groups in total. The molecule has 1 heterocycles. The first-order valence-corrected chi connectivity index (χ1v) is 16.1. The molecule has 0 bridgehead atoms. The Morgan fingerprint density at radius 3 is 2.26 bits per heavy atom. The van der Waals surface area contributed by atoms with Crippen LogP contribution in [0.5, 0.6) is 11.6 Å². The maximum Gasteiger partial charge on any atom is 0.310 e. The predicted molar refractivity (Wildman–Crippen MR) is 184 cm³/mol. The Balaban J connectivity index is 1.18. The number of unbranched alkanes of at least 4 members (excludes halogenated alkanes) is 1. The van der Waals surface area contributed by atoms with Crippen LogP contribution in [0.25, 0.3) is 12.2 Å². The molecule has 0 fully saturated rings. The first-order chi connectivity index (χ1) is 22.4. The van der Waals surface area contributed by atoms with Gasteiger partial charge in [0.25, 0.3) is 0 Å². The fourth-order valence-corrected chi connectivity index (χ4v) is 5.19. The molecule has 3 aromatic carbocycles. The summed E-state index contributed by atoms with van der Waals surface area (Å²) in [5.41, 5.74) is 3.76. The molecule has 0 spiro atoms. The molecule has 0 aliphatic carbocycles. The van der Waals surface area contributed by atoms with E-state index < -0.39 is 11.4 Å². The van der Waals surface area contributed by atoms with Gasteiger partial charge < -0.3 is 19.9 Å². The standard InChI is InChI=1S/C39H44N2O5/c1-3-39(4-2,38(43)44)29-36(42)40-34-17-10-15-32(28-34)19-22-33-16-11-18-37(41-33)46-26-9-8-14-31-20-23-35(24-21-31)45-27-25-30-12-6-5-7-13-30/h5-7,10-13,15-24,28H,3-4,8-9,14,25-27,29H2,1-2H3,(H,40,42)(H,43,44). The Labute approximate surface area is 272 Å². The van der Waals surface area contributed by atoms with Crippen molar-refractivity contribution in [2.45, 2.75) is 58.8 Å².